The zero-order chi connectivity index (χ0) is 15.5. The summed E-state index contributed by atoms with van der Waals surface area (Å²) in [7, 11) is 1.55. The van der Waals surface area contributed by atoms with E-state index in [1.54, 1.807) is 7.11 Å². The van der Waals surface area contributed by atoms with E-state index in [0.717, 1.165) is 31.7 Å². The maximum Gasteiger partial charge on any atom is 0.131 e. The molecule has 1 heterocycles. The van der Waals surface area contributed by atoms with Gasteiger partial charge < -0.3 is 10.5 Å². The minimum atomic E-state index is -0.195. The van der Waals surface area contributed by atoms with E-state index >= 15 is 0 Å². The van der Waals surface area contributed by atoms with Crippen LogP contribution in [0.3, 0.4) is 0 Å². The van der Waals surface area contributed by atoms with E-state index in [0.29, 0.717) is 18.8 Å². The molecule has 2 rings (SSSR count). The molecule has 0 aromatic heterocycles. The summed E-state index contributed by atoms with van der Waals surface area (Å²) in [5, 5.41) is 0. The smallest absolute Gasteiger partial charge is 0.131 e. The quantitative estimate of drug-likeness (QED) is 0.897. The Morgan fingerprint density at radius 2 is 1.90 bits per heavy atom. The first kappa shape index (κ1) is 16.2. The predicted octanol–water partition coefficient (Wildman–Crippen LogP) is 1.69. The average Bonchev–Trinajstić information content (AvgIpc) is 2.50. The van der Waals surface area contributed by atoms with Crippen LogP contribution in [0.25, 0.3) is 0 Å². The first-order chi connectivity index (χ1) is 9.96. The molecule has 21 heavy (non-hydrogen) atoms. The average molecular weight is 295 g/mol. The number of piperazine rings is 1. The summed E-state index contributed by atoms with van der Waals surface area (Å²) in [6.07, 6.45) is 0. The van der Waals surface area contributed by atoms with Gasteiger partial charge in [0, 0.05) is 56.4 Å². The highest BCUT2D eigenvalue weighted by atomic mass is 19.1. The van der Waals surface area contributed by atoms with Gasteiger partial charge in [-0.15, -0.1) is 0 Å². The Morgan fingerprint density at radius 1 is 1.24 bits per heavy atom. The molecule has 0 saturated carbocycles. The van der Waals surface area contributed by atoms with Crippen molar-refractivity contribution in [2.45, 2.75) is 25.9 Å². The molecule has 1 saturated heterocycles. The molecule has 0 spiro atoms. The predicted molar refractivity (Wildman–Crippen MR) is 82.9 cm³/mol. The minimum Gasteiger partial charge on any atom is -0.497 e. The summed E-state index contributed by atoms with van der Waals surface area (Å²) < 4.78 is 19.0. The third-order valence-electron chi connectivity index (χ3n) is 4.38. The Kier molecular flexibility index (Phi) is 5.19. The molecule has 4 nitrogen and oxygen atoms in total. The molecule has 0 bridgehead atoms. The summed E-state index contributed by atoms with van der Waals surface area (Å²) in [4.78, 5) is 4.70. The van der Waals surface area contributed by atoms with Gasteiger partial charge in [0.15, 0.2) is 0 Å². The van der Waals surface area contributed by atoms with Crippen LogP contribution in [-0.4, -0.2) is 55.2 Å². The number of hydrogen-bond donors (Lipinski definition) is 1. The highest BCUT2D eigenvalue weighted by molar-refractivity contribution is 5.28. The highest BCUT2D eigenvalue weighted by Gasteiger charge is 2.28. The van der Waals surface area contributed by atoms with Crippen molar-refractivity contribution in [1.29, 1.82) is 0 Å². The largest absolute Gasteiger partial charge is 0.497 e. The Morgan fingerprint density at radius 3 is 2.43 bits per heavy atom. The number of ether oxygens (including phenoxy) is 1. The Balaban J connectivity index is 1.92. The Bertz CT molecular complexity index is 471. The van der Waals surface area contributed by atoms with Gasteiger partial charge in [0.05, 0.1) is 7.11 Å². The van der Waals surface area contributed by atoms with Crippen LogP contribution in [-0.2, 0) is 6.54 Å². The standard InChI is InChI=1S/C16H26FN3O/c1-16(2,12-18)20-8-6-19(7-9-20)11-13-4-5-14(21-3)10-15(13)17/h4-5,10H,6-9,11-12,18H2,1-3H3. The minimum absolute atomic E-state index is 0.0391. The first-order valence-corrected chi connectivity index (χ1v) is 7.46. The molecule has 5 heteroatoms. The summed E-state index contributed by atoms with van der Waals surface area (Å²) in [6.45, 7) is 9.47. The molecule has 2 N–H and O–H groups in total. The number of rotatable bonds is 5. The number of benzene rings is 1. The fourth-order valence-electron chi connectivity index (χ4n) is 2.66. The molecule has 0 aliphatic carbocycles. The van der Waals surface area contributed by atoms with Gasteiger partial charge in [0.2, 0.25) is 0 Å². The third kappa shape index (κ3) is 3.93. The van der Waals surface area contributed by atoms with E-state index in [-0.39, 0.29) is 11.4 Å². The zero-order valence-corrected chi connectivity index (χ0v) is 13.2. The van der Waals surface area contributed by atoms with Crippen molar-refractivity contribution >= 4 is 0 Å². The molecule has 1 aromatic carbocycles. The summed E-state index contributed by atoms with van der Waals surface area (Å²) in [5.41, 5.74) is 6.59. The van der Waals surface area contributed by atoms with Crippen LogP contribution in [0.15, 0.2) is 18.2 Å². The first-order valence-electron chi connectivity index (χ1n) is 7.46. The van der Waals surface area contributed by atoms with Crippen molar-refractivity contribution in [2.75, 3.05) is 39.8 Å². The van der Waals surface area contributed by atoms with Crippen LogP contribution in [0.5, 0.6) is 5.75 Å². The number of methoxy groups -OCH3 is 1. The SMILES string of the molecule is COc1ccc(CN2CCN(C(C)(C)CN)CC2)c(F)c1. The molecule has 0 amide bonds. The van der Waals surface area contributed by atoms with Crippen LogP contribution in [0.1, 0.15) is 19.4 Å². The number of hydrogen-bond acceptors (Lipinski definition) is 4. The van der Waals surface area contributed by atoms with E-state index < -0.39 is 0 Å². The number of halogens is 1. The molecule has 1 aliphatic heterocycles. The lowest BCUT2D eigenvalue weighted by molar-refractivity contribution is 0.0533. The Labute approximate surface area is 126 Å². The van der Waals surface area contributed by atoms with Gasteiger partial charge in [-0.05, 0) is 19.9 Å². The number of nitrogens with two attached hydrogens (primary N) is 1. The second kappa shape index (κ2) is 6.73. The van der Waals surface area contributed by atoms with Gasteiger partial charge in [0.1, 0.15) is 11.6 Å². The van der Waals surface area contributed by atoms with Crippen molar-refractivity contribution in [2.24, 2.45) is 5.73 Å². The van der Waals surface area contributed by atoms with Gasteiger partial charge in [-0.2, -0.15) is 0 Å². The molecule has 1 aromatic rings. The van der Waals surface area contributed by atoms with E-state index in [2.05, 4.69) is 23.6 Å². The van der Waals surface area contributed by atoms with Crippen molar-refractivity contribution < 1.29 is 9.13 Å². The fourth-order valence-corrected chi connectivity index (χ4v) is 2.66. The molecule has 0 unspecified atom stereocenters. The Hall–Kier alpha value is -1.17. The summed E-state index contributed by atoms with van der Waals surface area (Å²) in [5.74, 6) is 0.366. The molecular formula is C16H26FN3O. The van der Waals surface area contributed by atoms with Gasteiger partial charge in [-0.3, -0.25) is 9.80 Å². The van der Waals surface area contributed by atoms with E-state index in [1.165, 1.54) is 6.07 Å². The lowest BCUT2D eigenvalue weighted by atomic mass is 10.0. The molecular weight excluding hydrogens is 269 g/mol. The van der Waals surface area contributed by atoms with Gasteiger partial charge >= 0.3 is 0 Å². The van der Waals surface area contributed by atoms with E-state index in [9.17, 15) is 4.39 Å². The van der Waals surface area contributed by atoms with E-state index in [4.69, 9.17) is 10.5 Å². The van der Waals surface area contributed by atoms with Crippen molar-refractivity contribution in [3.05, 3.63) is 29.6 Å². The molecule has 0 atom stereocenters. The van der Waals surface area contributed by atoms with Crippen molar-refractivity contribution in [1.82, 2.24) is 9.80 Å². The maximum atomic E-state index is 14.0. The monoisotopic (exact) mass is 295 g/mol. The fraction of sp³-hybridized carbons (Fsp3) is 0.625. The van der Waals surface area contributed by atoms with Crippen LogP contribution in [0.2, 0.25) is 0 Å². The zero-order valence-electron chi connectivity index (χ0n) is 13.2. The summed E-state index contributed by atoms with van der Waals surface area (Å²) >= 11 is 0. The van der Waals surface area contributed by atoms with Crippen LogP contribution >= 0.6 is 0 Å². The van der Waals surface area contributed by atoms with Gasteiger partial charge in [-0.1, -0.05) is 6.07 Å². The van der Waals surface area contributed by atoms with Gasteiger partial charge in [0.25, 0.3) is 0 Å². The summed E-state index contributed by atoms with van der Waals surface area (Å²) in [6, 6.07) is 5.07. The lowest BCUT2D eigenvalue weighted by Crippen LogP contribution is -2.57. The van der Waals surface area contributed by atoms with Crippen molar-refractivity contribution in [3.63, 3.8) is 0 Å². The normalized spacial score (nSPS) is 18.0. The van der Waals surface area contributed by atoms with Crippen molar-refractivity contribution in [3.8, 4) is 5.75 Å². The maximum absolute atomic E-state index is 14.0. The van der Waals surface area contributed by atoms with Crippen LogP contribution in [0, 0.1) is 5.82 Å². The second-order valence-electron chi connectivity index (χ2n) is 6.24. The lowest BCUT2D eigenvalue weighted by Gasteiger charge is -2.43. The molecule has 118 valence electrons. The molecule has 1 aliphatic rings. The second-order valence-corrected chi connectivity index (χ2v) is 6.24. The van der Waals surface area contributed by atoms with Crippen LogP contribution < -0.4 is 10.5 Å². The van der Waals surface area contributed by atoms with Gasteiger partial charge in [-0.25, -0.2) is 4.39 Å². The van der Waals surface area contributed by atoms with E-state index in [1.807, 2.05) is 12.1 Å². The van der Waals surface area contributed by atoms with Crippen LogP contribution in [0.4, 0.5) is 4.39 Å². The topological polar surface area (TPSA) is 41.7 Å². The third-order valence-corrected chi connectivity index (χ3v) is 4.38. The number of nitrogens with zero attached hydrogens (tertiary/aromatic N) is 2. The highest BCUT2D eigenvalue weighted by Crippen LogP contribution is 2.20. The molecule has 1 fully saturated rings. The molecule has 0 radical (unpaired) electrons.